The number of rotatable bonds is 66. The summed E-state index contributed by atoms with van der Waals surface area (Å²) in [6.45, 7) is 14.0. The predicted octanol–water partition coefficient (Wildman–Crippen LogP) is 19.3. The van der Waals surface area contributed by atoms with Gasteiger partial charge in [0, 0.05) is 25.7 Å². The van der Waals surface area contributed by atoms with Crippen molar-refractivity contribution in [1.29, 1.82) is 0 Å². The molecule has 0 aliphatic carbocycles. The molecule has 0 aliphatic heterocycles. The standard InChI is InChI=1S/C69H134O17P2/c1-9-62(8)48-40-32-27-28-34-42-50-67(72)80-56-65(86-68(73)51-43-35-24-18-13-11-10-12-16-21-29-37-45-59(2)3)58-84-88(77,78)82-54-63(70)53-81-87(75,76)83-57-64(55-79-66(71)49-41-33-26-20-23-31-39-47-61(6)7)85-69(74)52-44-36-25-19-15-14-17-22-30-38-46-60(4)5/h59-65,70H,9-58H2,1-8H3,(H,75,76)(H,77,78)/t62?,63-,64-,65-/m1/s1. The van der Waals surface area contributed by atoms with Crippen molar-refractivity contribution in [2.24, 2.45) is 23.7 Å². The van der Waals surface area contributed by atoms with Crippen LogP contribution < -0.4 is 0 Å². The third kappa shape index (κ3) is 61.6. The topological polar surface area (TPSA) is 237 Å². The van der Waals surface area contributed by atoms with E-state index in [1.54, 1.807) is 0 Å². The first-order chi connectivity index (χ1) is 42.1. The summed E-state index contributed by atoms with van der Waals surface area (Å²) in [5.41, 5.74) is 0. The lowest BCUT2D eigenvalue weighted by Gasteiger charge is -2.21. The van der Waals surface area contributed by atoms with Crippen molar-refractivity contribution in [1.82, 2.24) is 0 Å². The molecule has 522 valence electrons. The first kappa shape index (κ1) is 86.1. The molecule has 6 atom stereocenters. The molecule has 0 saturated heterocycles. The van der Waals surface area contributed by atoms with Crippen molar-refractivity contribution < 1.29 is 80.2 Å². The SMILES string of the molecule is CCC(C)CCCCCCCCC(=O)OC[C@H](COP(=O)(O)OC[C@H](O)COP(=O)(O)OC[C@@H](COC(=O)CCCCCCCCCC(C)C)OC(=O)CCCCCCCCCCCCC(C)C)OC(=O)CCCCCCCCCCCCCCC(C)C. The van der Waals surface area contributed by atoms with Crippen LogP contribution in [0.5, 0.6) is 0 Å². The van der Waals surface area contributed by atoms with Gasteiger partial charge >= 0.3 is 39.5 Å². The highest BCUT2D eigenvalue weighted by Crippen LogP contribution is 2.45. The molecule has 0 radical (unpaired) electrons. The Morgan fingerprint density at radius 3 is 0.807 bits per heavy atom. The molecular weight excluding hydrogens is 1160 g/mol. The van der Waals surface area contributed by atoms with E-state index in [0.717, 1.165) is 120 Å². The molecule has 0 amide bonds. The Morgan fingerprint density at radius 1 is 0.318 bits per heavy atom. The third-order valence-electron chi connectivity index (χ3n) is 16.2. The first-order valence-corrected chi connectivity index (χ1v) is 38.7. The number of phosphoric acid groups is 2. The normalized spacial score (nSPS) is 14.6. The summed E-state index contributed by atoms with van der Waals surface area (Å²) in [6.07, 6.45) is 40.4. The number of unbranched alkanes of at least 4 members (excludes halogenated alkanes) is 31. The van der Waals surface area contributed by atoms with Crippen molar-refractivity contribution in [3.05, 3.63) is 0 Å². The van der Waals surface area contributed by atoms with Crippen LogP contribution in [-0.2, 0) is 65.4 Å². The molecule has 0 bridgehead atoms. The molecule has 3 N–H and O–H groups in total. The molecule has 0 aromatic rings. The molecule has 0 fully saturated rings. The molecule has 0 aromatic heterocycles. The Kier molecular flexibility index (Phi) is 57.6. The zero-order valence-corrected chi connectivity index (χ0v) is 59.1. The molecular formula is C69H134O17P2. The Labute approximate surface area is 537 Å². The lowest BCUT2D eigenvalue weighted by molar-refractivity contribution is -0.161. The Balaban J connectivity index is 5.25. The molecule has 0 saturated carbocycles. The second kappa shape index (κ2) is 58.8. The minimum absolute atomic E-state index is 0.104. The fraction of sp³-hybridized carbons (Fsp3) is 0.942. The molecule has 3 unspecified atom stereocenters. The monoisotopic (exact) mass is 1300 g/mol. The average Bonchev–Trinajstić information content (AvgIpc) is 3.55. The number of hydrogen-bond acceptors (Lipinski definition) is 15. The van der Waals surface area contributed by atoms with Crippen LogP contribution in [-0.4, -0.2) is 96.7 Å². The van der Waals surface area contributed by atoms with E-state index in [4.69, 9.17) is 37.0 Å². The van der Waals surface area contributed by atoms with E-state index >= 15 is 0 Å². The van der Waals surface area contributed by atoms with E-state index in [1.807, 2.05) is 0 Å². The minimum Gasteiger partial charge on any atom is -0.462 e. The third-order valence-corrected chi connectivity index (χ3v) is 18.1. The maximum absolute atomic E-state index is 13.0. The zero-order chi connectivity index (χ0) is 65.4. The maximum atomic E-state index is 13.0. The van der Waals surface area contributed by atoms with Gasteiger partial charge in [0.25, 0.3) is 0 Å². The Bertz CT molecular complexity index is 1750. The molecule has 17 nitrogen and oxygen atoms in total. The number of aliphatic hydroxyl groups is 1. The number of carbonyl (C=O) groups is 4. The lowest BCUT2D eigenvalue weighted by Crippen LogP contribution is -2.30. The van der Waals surface area contributed by atoms with Gasteiger partial charge in [0.2, 0.25) is 0 Å². The summed E-state index contributed by atoms with van der Waals surface area (Å²) >= 11 is 0. The van der Waals surface area contributed by atoms with E-state index in [1.165, 1.54) is 128 Å². The van der Waals surface area contributed by atoms with Crippen molar-refractivity contribution >= 4 is 39.5 Å². The summed E-state index contributed by atoms with van der Waals surface area (Å²) in [4.78, 5) is 72.5. The van der Waals surface area contributed by atoms with Gasteiger partial charge in [-0.05, 0) is 49.4 Å². The quantitative estimate of drug-likeness (QED) is 0.0222. The van der Waals surface area contributed by atoms with Gasteiger partial charge in [0.1, 0.15) is 19.3 Å². The number of hydrogen-bond donors (Lipinski definition) is 3. The largest absolute Gasteiger partial charge is 0.472 e. The van der Waals surface area contributed by atoms with Gasteiger partial charge in [0.05, 0.1) is 26.4 Å². The van der Waals surface area contributed by atoms with E-state index in [-0.39, 0.29) is 25.7 Å². The average molecular weight is 1300 g/mol. The number of ether oxygens (including phenoxy) is 4. The van der Waals surface area contributed by atoms with E-state index in [9.17, 15) is 43.2 Å². The highest BCUT2D eigenvalue weighted by molar-refractivity contribution is 7.47. The second-order valence-electron chi connectivity index (χ2n) is 26.6. The van der Waals surface area contributed by atoms with Crippen molar-refractivity contribution in [2.75, 3.05) is 39.6 Å². The van der Waals surface area contributed by atoms with Gasteiger partial charge in [0.15, 0.2) is 12.2 Å². The van der Waals surface area contributed by atoms with Crippen molar-refractivity contribution in [3.8, 4) is 0 Å². The molecule has 88 heavy (non-hydrogen) atoms. The van der Waals surface area contributed by atoms with Crippen LogP contribution in [0.15, 0.2) is 0 Å². The highest BCUT2D eigenvalue weighted by Gasteiger charge is 2.30. The van der Waals surface area contributed by atoms with Crippen LogP contribution in [0.25, 0.3) is 0 Å². The summed E-state index contributed by atoms with van der Waals surface area (Å²) in [7, 11) is -9.90. The smallest absolute Gasteiger partial charge is 0.462 e. The number of aliphatic hydroxyl groups excluding tert-OH is 1. The Hall–Kier alpha value is -1.94. The molecule has 0 aromatic carbocycles. The van der Waals surface area contributed by atoms with Crippen molar-refractivity contribution in [3.63, 3.8) is 0 Å². The van der Waals surface area contributed by atoms with Crippen LogP contribution in [0.4, 0.5) is 0 Å². The molecule has 0 spiro atoms. The predicted molar refractivity (Wildman–Crippen MR) is 354 cm³/mol. The van der Waals surface area contributed by atoms with Crippen LogP contribution in [0.1, 0.15) is 338 Å². The fourth-order valence-electron chi connectivity index (χ4n) is 10.3. The maximum Gasteiger partial charge on any atom is 0.472 e. The number of phosphoric ester groups is 2. The van der Waals surface area contributed by atoms with E-state index in [0.29, 0.717) is 31.6 Å². The second-order valence-corrected chi connectivity index (χ2v) is 29.5. The van der Waals surface area contributed by atoms with Crippen LogP contribution >= 0.6 is 15.6 Å². The van der Waals surface area contributed by atoms with Gasteiger partial charge in [-0.1, -0.05) is 287 Å². The van der Waals surface area contributed by atoms with Crippen LogP contribution in [0.2, 0.25) is 0 Å². The zero-order valence-electron chi connectivity index (χ0n) is 57.3. The van der Waals surface area contributed by atoms with Gasteiger partial charge < -0.3 is 33.8 Å². The van der Waals surface area contributed by atoms with E-state index in [2.05, 4.69) is 55.4 Å². The summed E-state index contributed by atoms with van der Waals surface area (Å²) in [5, 5.41) is 10.6. The van der Waals surface area contributed by atoms with Gasteiger partial charge in [-0.2, -0.15) is 0 Å². The molecule has 0 rings (SSSR count). The van der Waals surface area contributed by atoms with Crippen molar-refractivity contribution in [2.45, 2.75) is 356 Å². The summed E-state index contributed by atoms with van der Waals surface area (Å²) in [5.74, 6) is 0.832. The first-order valence-electron chi connectivity index (χ1n) is 35.7. The van der Waals surface area contributed by atoms with Crippen LogP contribution in [0.3, 0.4) is 0 Å². The van der Waals surface area contributed by atoms with Gasteiger partial charge in [-0.15, -0.1) is 0 Å². The van der Waals surface area contributed by atoms with Crippen LogP contribution in [0, 0.1) is 23.7 Å². The van der Waals surface area contributed by atoms with E-state index < -0.39 is 97.5 Å². The molecule has 19 heteroatoms. The number of carbonyl (C=O) groups excluding carboxylic acids is 4. The summed E-state index contributed by atoms with van der Waals surface area (Å²) < 4.78 is 68.2. The molecule has 0 heterocycles. The van der Waals surface area contributed by atoms with Gasteiger partial charge in [-0.3, -0.25) is 37.3 Å². The Morgan fingerprint density at radius 2 is 0.545 bits per heavy atom. The highest BCUT2D eigenvalue weighted by atomic mass is 31.2. The minimum atomic E-state index is -4.95. The number of esters is 4. The molecule has 0 aliphatic rings. The fourth-order valence-corrected chi connectivity index (χ4v) is 11.9. The van der Waals surface area contributed by atoms with Gasteiger partial charge in [-0.25, -0.2) is 9.13 Å². The summed E-state index contributed by atoms with van der Waals surface area (Å²) in [6, 6.07) is 0. The lowest BCUT2D eigenvalue weighted by atomic mass is 10.00.